The van der Waals surface area contributed by atoms with Gasteiger partial charge in [0.05, 0.1) is 17.3 Å². The zero-order chi connectivity index (χ0) is 31.8. The Labute approximate surface area is 240 Å². The highest BCUT2D eigenvalue weighted by Crippen LogP contribution is 2.28. The third kappa shape index (κ3) is 9.47. The smallest absolute Gasteiger partial charge is 0.475 e. The molecule has 1 aliphatic rings. The number of nitrogens with zero attached hydrogens (tertiary/aromatic N) is 6. The standard InChI is InChI=1S/C23H24N6.2C2HF3O2/c1-27-13-14-28(16-20-9-5-6-12-24-20)17-22(27)23-21-11-10-19(15-29(21)26-25-23)18-7-3-2-4-8-18;2*3-2(4,5)1(6)7/h2-12,15,22H,13-14,16-17H2,1H3;2*(H,6,7). The first-order chi connectivity index (χ1) is 20.2. The molecule has 0 bridgehead atoms. The maximum Gasteiger partial charge on any atom is 0.490 e. The highest BCUT2D eigenvalue weighted by molar-refractivity contribution is 5.73. The summed E-state index contributed by atoms with van der Waals surface area (Å²) in [5.41, 5.74) is 5.54. The van der Waals surface area contributed by atoms with Crippen LogP contribution in [-0.4, -0.2) is 90.8 Å². The van der Waals surface area contributed by atoms with E-state index in [1.54, 1.807) is 0 Å². The summed E-state index contributed by atoms with van der Waals surface area (Å²) in [6.45, 7) is 3.81. The van der Waals surface area contributed by atoms with Gasteiger partial charge >= 0.3 is 24.3 Å². The first-order valence-electron chi connectivity index (χ1n) is 12.5. The molecule has 5 rings (SSSR count). The first kappa shape index (κ1) is 32.9. The predicted octanol–water partition coefficient (Wildman–Crippen LogP) is 4.55. The second kappa shape index (κ2) is 14.1. The molecule has 1 atom stereocenters. The van der Waals surface area contributed by atoms with Crippen molar-refractivity contribution in [2.45, 2.75) is 24.9 Å². The van der Waals surface area contributed by atoms with Crippen molar-refractivity contribution in [2.24, 2.45) is 0 Å². The molecule has 0 radical (unpaired) electrons. The minimum atomic E-state index is -5.08. The average Bonchev–Trinajstić information content (AvgIpc) is 3.38. The molecule has 1 aromatic carbocycles. The number of alkyl halides is 6. The third-order valence-electron chi connectivity index (χ3n) is 6.19. The number of aliphatic carboxylic acids is 2. The molecule has 0 spiro atoms. The number of carbonyl (C=O) groups is 2. The SMILES string of the molecule is CN1CCN(Cc2ccccn2)CC1c1nnn2cc(-c3ccccc3)ccc12.O=C(O)C(F)(F)F.O=C(O)C(F)(F)F. The van der Waals surface area contributed by atoms with E-state index in [-0.39, 0.29) is 6.04 Å². The molecule has 1 aliphatic heterocycles. The zero-order valence-corrected chi connectivity index (χ0v) is 22.5. The number of hydrogen-bond acceptors (Lipinski definition) is 7. The minimum Gasteiger partial charge on any atom is -0.475 e. The van der Waals surface area contributed by atoms with Crippen LogP contribution in [0, 0.1) is 0 Å². The Morgan fingerprint density at radius 1 is 0.860 bits per heavy atom. The van der Waals surface area contributed by atoms with E-state index in [1.807, 2.05) is 28.9 Å². The van der Waals surface area contributed by atoms with Gasteiger partial charge < -0.3 is 10.2 Å². The van der Waals surface area contributed by atoms with E-state index in [9.17, 15) is 26.3 Å². The normalized spacial score (nSPS) is 16.0. The first-order valence-corrected chi connectivity index (χ1v) is 12.5. The highest BCUT2D eigenvalue weighted by Gasteiger charge is 2.39. The van der Waals surface area contributed by atoms with Gasteiger partial charge in [0, 0.05) is 44.1 Å². The molecule has 1 saturated heterocycles. The number of halogens is 6. The molecule has 3 aromatic heterocycles. The van der Waals surface area contributed by atoms with Gasteiger partial charge in [-0.2, -0.15) is 26.3 Å². The lowest BCUT2D eigenvalue weighted by Gasteiger charge is -2.38. The lowest BCUT2D eigenvalue weighted by atomic mass is 10.1. The van der Waals surface area contributed by atoms with E-state index in [0.29, 0.717) is 0 Å². The van der Waals surface area contributed by atoms with Gasteiger partial charge in [-0.15, -0.1) is 5.10 Å². The number of fused-ring (bicyclic) bond motifs is 1. The Kier molecular flexibility index (Phi) is 10.8. The van der Waals surface area contributed by atoms with Crippen LogP contribution in [0.1, 0.15) is 17.4 Å². The van der Waals surface area contributed by atoms with Gasteiger partial charge in [0.25, 0.3) is 0 Å². The molecule has 4 heterocycles. The Hall–Kier alpha value is -4.57. The Bertz CT molecular complexity index is 1470. The Balaban J connectivity index is 0.000000303. The summed E-state index contributed by atoms with van der Waals surface area (Å²) in [5, 5.41) is 23.3. The maximum absolute atomic E-state index is 10.6. The van der Waals surface area contributed by atoms with E-state index >= 15 is 0 Å². The summed E-state index contributed by atoms with van der Waals surface area (Å²) in [5.74, 6) is -5.51. The maximum atomic E-state index is 10.6. The van der Waals surface area contributed by atoms with Gasteiger partial charge in [-0.05, 0) is 30.8 Å². The topological polar surface area (TPSA) is 124 Å². The molecule has 16 heteroatoms. The number of piperazine rings is 1. The number of carboxylic acids is 2. The number of pyridine rings is 2. The minimum absolute atomic E-state index is 0.215. The molecular formula is C27H26F6N6O4. The van der Waals surface area contributed by atoms with E-state index in [1.165, 1.54) is 5.56 Å². The summed E-state index contributed by atoms with van der Waals surface area (Å²) >= 11 is 0. The van der Waals surface area contributed by atoms with Gasteiger partial charge in [0.15, 0.2) is 0 Å². The van der Waals surface area contributed by atoms with Crippen LogP contribution >= 0.6 is 0 Å². The van der Waals surface area contributed by atoms with E-state index < -0.39 is 24.3 Å². The van der Waals surface area contributed by atoms with Gasteiger partial charge in [0.2, 0.25) is 0 Å². The monoisotopic (exact) mass is 612 g/mol. The van der Waals surface area contributed by atoms with Crippen molar-refractivity contribution >= 4 is 17.5 Å². The van der Waals surface area contributed by atoms with Crippen LogP contribution in [0.3, 0.4) is 0 Å². The van der Waals surface area contributed by atoms with Crippen molar-refractivity contribution in [2.75, 3.05) is 26.7 Å². The molecule has 0 aliphatic carbocycles. The second-order valence-electron chi connectivity index (χ2n) is 9.25. The Morgan fingerprint density at radius 3 is 2.02 bits per heavy atom. The fraction of sp³-hybridized carbons (Fsp3) is 0.296. The Morgan fingerprint density at radius 2 is 1.47 bits per heavy atom. The van der Waals surface area contributed by atoms with Gasteiger partial charge in [-0.25, -0.2) is 14.1 Å². The van der Waals surface area contributed by atoms with E-state index in [2.05, 4.69) is 80.8 Å². The number of aromatic nitrogens is 4. The van der Waals surface area contributed by atoms with Crippen LogP contribution in [0.5, 0.6) is 0 Å². The number of hydrogen-bond donors (Lipinski definition) is 2. The number of carboxylic acid groups (broad SMARTS) is 2. The fourth-order valence-electron chi connectivity index (χ4n) is 4.04. The average molecular weight is 613 g/mol. The second-order valence-corrected chi connectivity index (χ2v) is 9.25. The van der Waals surface area contributed by atoms with Crippen LogP contribution in [0.4, 0.5) is 26.3 Å². The predicted molar refractivity (Wildman–Crippen MR) is 141 cm³/mol. The van der Waals surface area contributed by atoms with Crippen LogP contribution in [0.2, 0.25) is 0 Å². The summed E-state index contributed by atoms with van der Waals surface area (Å²) in [7, 11) is 2.17. The summed E-state index contributed by atoms with van der Waals surface area (Å²) in [4.78, 5) is 27.1. The highest BCUT2D eigenvalue weighted by atomic mass is 19.4. The van der Waals surface area contributed by atoms with E-state index in [4.69, 9.17) is 19.8 Å². The van der Waals surface area contributed by atoms with Crippen molar-refractivity contribution in [1.82, 2.24) is 29.6 Å². The summed E-state index contributed by atoms with van der Waals surface area (Å²) in [6, 6.07) is 21.0. The van der Waals surface area contributed by atoms with Crippen molar-refractivity contribution < 1.29 is 46.1 Å². The summed E-state index contributed by atoms with van der Waals surface area (Å²) in [6.07, 6.45) is -6.24. The number of rotatable bonds is 4. The van der Waals surface area contributed by atoms with Crippen molar-refractivity contribution in [3.8, 4) is 11.1 Å². The van der Waals surface area contributed by atoms with Crippen molar-refractivity contribution in [1.29, 1.82) is 0 Å². The molecular weight excluding hydrogens is 586 g/mol. The molecule has 4 aromatic rings. The van der Waals surface area contributed by atoms with Crippen LogP contribution in [0.25, 0.3) is 16.6 Å². The van der Waals surface area contributed by atoms with Gasteiger partial charge in [0.1, 0.15) is 5.69 Å². The van der Waals surface area contributed by atoms with E-state index in [0.717, 1.165) is 48.6 Å². The van der Waals surface area contributed by atoms with Crippen LogP contribution in [-0.2, 0) is 16.1 Å². The molecule has 230 valence electrons. The van der Waals surface area contributed by atoms with Crippen molar-refractivity contribution in [3.05, 3.63) is 84.4 Å². The van der Waals surface area contributed by atoms with Crippen molar-refractivity contribution in [3.63, 3.8) is 0 Å². The lowest BCUT2D eigenvalue weighted by Crippen LogP contribution is -2.46. The summed E-state index contributed by atoms with van der Waals surface area (Å²) < 4.78 is 65.4. The zero-order valence-electron chi connectivity index (χ0n) is 22.5. The molecule has 0 saturated carbocycles. The van der Waals surface area contributed by atoms with Crippen LogP contribution in [0.15, 0.2) is 73.1 Å². The molecule has 1 unspecified atom stereocenters. The largest absolute Gasteiger partial charge is 0.490 e. The molecule has 1 fully saturated rings. The van der Waals surface area contributed by atoms with Gasteiger partial charge in [-0.1, -0.05) is 47.7 Å². The van der Waals surface area contributed by atoms with Gasteiger partial charge in [-0.3, -0.25) is 14.8 Å². The lowest BCUT2D eigenvalue weighted by molar-refractivity contribution is -0.193. The third-order valence-corrected chi connectivity index (χ3v) is 6.19. The van der Waals surface area contributed by atoms with Crippen LogP contribution < -0.4 is 0 Å². The number of likely N-dealkylation sites (N-methyl/N-ethyl adjacent to an activating group) is 1. The molecule has 2 N–H and O–H groups in total. The molecule has 43 heavy (non-hydrogen) atoms. The number of benzene rings is 1. The molecule has 10 nitrogen and oxygen atoms in total. The fourth-order valence-corrected chi connectivity index (χ4v) is 4.04. The molecule has 0 amide bonds. The quantitative estimate of drug-likeness (QED) is 0.320.